The van der Waals surface area contributed by atoms with Crippen molar-refractivity contribution >= 4 is 29.1 Å². The number of hydrogen-bond acceptors (Lipinski definition) is 4. The zero-order valence-corrected chi connectivity index (χ0v) is 16.7. The number of ether oxygens (including phenoxy) is 1. The molecule has 144 valence electrons. The molecule has 1 heterocycles. The summed E-state index contributed by atoms with van der Waals surface area (Å²) in [6, 6.07) is 3.22. The Bertz CT molecular complexity index is 666. The fourth-order valence-corrected chi connectivity index (χ4v) is 3.28. The highest BCUT2D eigenvalue weighted by atomic mass is 35.5. The van der Waals surface area contributed by atoms with Gasteiger partial charge in [-0.05, 0) is 31.9 Å². The second-order valence-corrected chi connectivity index (χ2v) is 7.00. The van der Waals surface area contributed by atoms with E-state index >= 15 is 0 Å². The van der Waals surface area contributed by atoms with Gasteiger partial charge in [0, 0.05) is 43.7 Å². The Morgan fingerprint density at radius 2 is 2.00 bits per heavy atom. The van der Waals surface area contributed by atoms with E-state index in [1.807, 2.05) is 31.7 Å². The van der Waals surface area contributed by atoms with Gasteiger partial charge in [0.2, 0.25) is 11.8 Å². The fraction of sp³-hybridized carbons (Fsp3) is 0.579. The van der Waals surface area contributed by atoms with Crippen LogP contribution in [-0.2, 0) is 9.59 Å². The number of aryl methyl sites for hydroxylation is 1. The van der Waals surface area contributed by atoms with Crippen LogP contribution in [0, 0.1) is 6.92 Å². The average Bonchev–Trinajstić information content (AvgIpc) is 2.89. The van der Waals surface area contributed by atoms with Gasteiger partial charge < -0.3 is 15.0 Å². The van der Waals surface area contributed by atoms with Crippen molar-refractivity contribution in [3.8, 4) is 5.75 Å². The lowest BCUT2D eigenvalue weighted by molar-refractivity contribution is -0.130. The summed E-state index contributed by atoms with van der Waals surface area (Å²) in [6.07, 6.45) is 1.39. The Balaban J connectivity index is 2.03. The molecule has 1 atom stereocenters. The van der Waals surface area contributed by atoms with Gasteiger partial charge in [0.15, 0.2) is 0 Å². The van der Waals surface area contributed by atoms with E-state index in [4.69, 9.17) is 16.3 Å². The van der Waals surface area contributed by atoms with Gasteiger partial charge in [-0.2, -0.15) is 0 Å². The third-order valence-corrected chi connectivity index (χ3v) is 5.26. The standard InChI is InChI=1S/C19H28ClN3O3/c1-5-18(24)23-8-6-7-22(9-10-23)14(3)19(25)21-16-11-13(2)15(20)12-17(16)26-4/h11-12,14H,5-10H2,1-4H3,(H,21,25). The summed E-state index contributed by atoms with van der Waals surface area (Å²) in [4.78, 5) is 28.6. The van der Waals surface area contributed by atoms with Crippen molar-refractivity contribution in [1.82, 2.24) is 9.80 Å². The molecule has 6 nitrogen and oxygen atoms in total. The molecule has 7 heteroatoms. The molecular weight excluding hydrogens is 354 g/mol. The number of hydrogen-bond donors (Lipinski definition) is 1. The molecule has 0 saturated carbocycles. The van der Waals surface area contributed by atoms with Crippen molar-refractivity contribution in [2.24, 2.45) is 0 Å². The molecule has 0 bridgehead atoms. The number of methoxy groups -OCH3 is 1. The van der Waals surface area contributed by atoms with Gasteiger partial charge in [-0.25, -0.2) is 0 Å². The molecule has 0 spiro atoms. The van der Waals surface area contributed by atoms with Gasteiger partial charge in [0.05, 0.1) is 18.8 Å². The van der Waals surface area contributed by atoms with Gasteiger partial charge in [-0.1, -0.05) is 18.5 Å². The molecular formula is C19H28ClN3O3. The molecule has 1 aromatic rings. The summed E-state index contributed by atoms with van der Waals surface area (Å²) < 4.78 is 5.32. The van der Waals surface area contributed by atoms with Gasteiger partial charge in [-0.3, -0.25) is 14.5 Å². The van der Waals surface area contributed by atoms with Crippen LogP contribution in [0.25, 0.3) is 0 Å². The molecule has 1 aromatic carbocycles. The summed E-state index contributed by atoms with van der Waals surface area (Å²) in [5, 5.41) is 3.55. The largest absolute Gasteiger partial charge is 0.495 e. The zero-order chi connectivity index (χ0) is 19.3. The molecule has 1 aliphatic rings. The van der Waals surface area contributed by atoms with Crippen LogP contribution >= 0.6 is 11.6 Å². The predicted molar refractivity (Wildman–Crippen MR) is 104 cm³/mol. The Kier molecular flexibility index (Phi) is 7.29. The minimum atomic E-state index is -0.299. The molecule has 1 fully saturated rings. The first-order valence-corrected chi connectivity index (χ1v) is 9.42. The van der Waals surface area contributed by atoms with E-state index in [2.05, 4.69) is 10.2 Å². The van der Waals surface area contributed by atoms with Crippen LogP contribution in [-0.4, -0.2) is 60.9 Å². The number of carbonyl (C=O) groups excluding carboxylic acids is 2. The van der Waals surface area contributed by atoms with E-state index < -0.39 is 0 Å². The third-order valence-electron chi connectivity index (χ3n) is 4.85. The van der Waals surface area contributed by atoms with Crippen molar-refractivity contribution in [2.45, 2.75) is 39.7 Å². The number of nitrogens with one attached hydrogen (secondary N) is 1. The summed E-state index contributed by atoms with van der Waals surface area (Å²) in [5.74, 6) is 0.613. The van der Waals surface area contributed by atoms with Crippen LogP contribution in [0.5, 0.6) is 5.75 Å². The molecule has 2 rings (SSSR count). The quantitative estimate of drug-likeness (QED) is 0.851. The average molecular weight is 382 g/mol. The molecule has 1 unspecified atom stereocenters. The minimum absolute atomic E-state index is 0.0970. The summed E-state index contributed by atoms with van der Waals surface area (Å²) >= 11 is 6.12. The molecule has 0 radical (unpaired) electrons. The van der Waals surface area contributed by atoms with E-state index in [9.17, 15) is 9.59 Å². The topological polar surface area (TPSA) is 61.9 Å². The molecule has 2 amide bonds. The van der Waals surface area contributed by atoms with Gasteiger partial charge in [-0.15, -0.1) is 0 Å². The molecule has 26 heavy (non-hydrogen) atoms. The molecule has 1 aliphatic heterocycles. The first-order valence-electron chi connectivity index (χ1n) is 9.04. The first-order chi connectivity index (χ1) is 12.4. The Hall–Kier alpha value is -1.79. The van der Waals surface area contributed by atoms with Gasteiger partial charge in [0.1, 0.15) is 5.75 Å². The van der Waals surface area contributed by atoms with Crippen molar-refractivity contribution in [1.29, 1.82) is 0 Å². The van der Waals surface area contributed by atoms with Crippen LogP contribution in [0.1, 0.15) is 32.3 Å². The highest BCUT2D eigenvalue weighted by molar-refractivity contribution is 6.31. The summed E-state index contributed by atoms with van der Waals surface area (Å²) in [6.45, 7) is 8.55. The van der Waals surface area contributed by atoms with E-state index in [0.717, 1.165) is 25.1 Å². The van der Waals surface area contributed by atoms with E-state index in [0.29, 0.717) is 36.0 Å². The number of anilines is 1. The van der Waals surface area contributed by atoms with Crippen molar-refractivity contribution < 1.29 is 14.3 Å². The lowest BCUT2D eigenvalue weighted by Crippen LogP contribution is -2.44. The van der Waals surface area contributed by atoms with Crippen molar-refractivity contribution in [3.05, 3.63) is 22.7 Å². The number of carbonyl (C=O) groups is 2. The van der Waals surface area contributed by atoms with E-state index in [-0.39, 0.29) is 17.9 Å². The van der Waals surface area contributed by atoms with Gasteiger partial charge in [0.25, 0.3) is 0 Å². The number of nitrogens with zero attached hydrogens (tertiary/aromatic N) is 2. The lowest BCUT2D eigenvalue weighted by atomic mass is 10.2. The second-order valence-electron chi connectivity index (χ2n) is 6.59. The van der Waals surface area contributed by atoms with Crippen LogP contribution in [0.4, 0.5) is 5.69 Å². The van der Waals surface area contributed by atoms with Crippen molar-refractivity contribution in [3.63, 3.8) is 0 Å². The van der Waals surface area contributed by atoms with Crippen LogP contribution < -0.4 is 10.1 Å². The molecule has 1 saturated heterocycles. The molecule has 0 aliphatic carbocycles. The number of halogens is 1. The molecule has 1 N–H and O–H groups in total. The molecule has 0 aromatic heterocycles. The predicted octanol–water partition coefficient (Wildman–Crippen LogP) is 2.93. The number of amides is 2. The highest BCUT2D eigenvalue weighted by Crippen LogP contribution is 2.31. The van der Waals surface area contributed by atoms with Crippen molar-refractivity contribution in [2.75, 3.05) is 38.6 Å². The van der Waals surface area contributed by atoms with Crippen LogP contribution in [0.15, 0.2) is 12.1 Å². The summed E-state index contributed by atoms with van der Waals surface area (Å²) in [7, 11) is 1.55. The first kappa shape index (κ1) is 20.5. The van der Waals surface area contributed by atoms with E-state index in [1.165, 1.54) is 0 Å². The van der Waals surface area contributed by atoms with Crippen LogP contribution in [0.3, 0.4) is 0 Å². The number of rotatable bonds is 5. The SMILES string of the molecule is CCC(=O)N1CCCN(C(C)C(=O)Nc2cc(C)c(Cl)cc2OC)CC1. The van der Waals surface area contributed by atoms with Gasteiger partial charge >= 0.3 is 0 Å². The highest BCUT2D eigenvalue weighted by Gasteiger charge is 2.26. The van der Waals surface area contributed by atoms with Crippen LogP contribution in [0.2, 0.25) is 5.02 Å². The maximum absolute atomic E-state index is 12.7. The smallest absolute Gasteiger partial charge is 0.241 e. The maximum Gasteiger partial charge on any atom is 0.241 e. The number of benzene rings is 1. The lowest BCUT2D eigenvalue weighted by Gasteiger charge is -2.27. The Morgan fingerprint density at radius 3 is 2.65 bits per heavy atom. The normalized spacial score (nSPS) is 16.7. The fourth-order valence-electron chi connectivity index (χ4n) is 3.13. The Morgan fingerprint density at radius 1 is 1.27 bits per heavy atom. The third kappa shape index (κ3) is 4.89. The van der Waals surface area contributed by atoms with E-state index in [1.54, 1.807) is 13.2 Å². The monoisotopic (exact) mass is 381 g/mol. The Labute approximate surface area is 160 Å². The second kappa shape index (κ2) is 9.24. The maximum atomic E-state index is 12.7. The zero-order valence-electron chi connectivity index (χ0n) is 16.0. The minimum Gasteiger partial charge on any atom is -0.495 e. The summed E-state index contributed by atoms with van der Waals surface area (Å²) in [5.41, 5.74) is 1.49.